The first-order chi connectivity index (χ1) is 13.2. The van der Waals surface area contributed by atoms with Crippen molar-refractivity contribution in [2.45, 2.75) is 20.0 Å². The first-order valence-corrected chi connectivity index (χ1v) is 8.65. The molecule has 0 aliphatic heterocycles. The van der Waals surface area contributed by atoms with Gasteiger partial charge in [-0.1, -0.05) is 30.3 Å². The summed E-state index contributed by atoms with van der Waals surface area (Å²) in [5, 5.41) is 0. The number of hydrogen-bond acceptors (Lipinski definition) is 4. The number of alkyl halides is 3. The molecule has 0 saturated carbocycles. The minimum Gasteiger partial charge on any atom is -0.479 e. The molecular formula is C20H19F3N2O3. The van der Waals surface area contributed by atoms with Gasteiger partial charge < -0.3 is 14.0 Å². The van der Waals surface area contributed by atoms with Crippen molar-refractivity contribution in [3.8, 4) is 17.0 Å². The third-order valence-corrected chi connectivity index (χ3v) is 4.22. The van der Waals surface area contributed by atoms with E-state index in [0.29, 0.717) is 11.2 Å². The molecule has 28 heavy (non-hydrogen) atoms. The van der Waals surface area contributed by atoms with Gasteiger partial charge in [-0.05, 0) is 25.5 Å². The number of halogens is 3. The SMILES string of the molecule is CCOC(=O)c1c(OCC(F)(F)F)c2nc(-c3ccccc3)c(C)cc2n1C. The van der Waals surface area contributed by atoms with Crippen LogP contribution in [-0.4, -0.2) is 34.9 Å². The van der Waals surface area contributed by atoms with E-state index >= 15 is 0 Å². The summed E-state index contributed by atoms with van der Waals surface area (Å²) in [6.07, 6.45) is -4.55. The minimum absolute atomic E-state index is 0.0841. The maximum absolute atomic E-state index is 12.8. The zero-order valence-corrected chi connectivity index (χ0v) is 15.6. The van der Waals surface area contributed by atoms with Crippen molar-refractivity contribution in [1.29, 1.82) is 0 Å². The molecule has 0 spiro atoms. The highest BCUT2D eigenvalue weighted by Crippen LogP contribution is 2.36. The Kier molecular flexibility index (Phi) is 5.31. The van der Waals surface area contributed by atoms with Crippen LogP contribution in [0.2, 0.25) is 0 Å². The van der Waals surface area contributed by atoms with Crippen molar-refractivity contribution in [3.05, 3.63) is 47.7 Å². The van der Waals surface area contributed by atoms with Crippen molar-refractivity contribution >= 4 is 17.0 Å². The van der Waals surface area contributed by atoms with Gasteiger partial charge in [-0.15, -0.1) is 0 Å². The van der Waals surface area contributed by atoms with Gasteiger partial charge in [0.2, 0.25) is 0 Å². The quantitative estimate of drug-likeness (QED) is 0.593. The van der Waals surface area contributed by atoms with Crippen LogP contribution in [0, 0.1) is 6.92 Å². The third-order valence-electron chi connectivity index (χ3n) is 4.22. The number of benzene rings is 1. The van der Waals surface area contributed by atoms with Gasteiger partial charge in [-0.25, -0.2) is 9.78 Å². The van der Waals surface area contributed by atoms with Crippen molar-refractivity contribution in [2.75, 3.05) is 13.2 Å². The summed E-state index contributed by atoms with van der Waals surface area (Å²) in [5.41, 5.74) is 2.79. The molecule has 1 aromatic carbocycles. The lowest BCUT2D eigenvalue weighted by molar-refractivity contribution is -0.153. The van der Waals surface area contributed by atoms with Gasteiger partial charge in [0.1, 0.15) is 5.52 Å². The van der Waals surface area contributed by atoms with Crippen LogP contribution in [0.25, 0.3) is 22.3 Å². The molecule has 0 N–H and O–H groups in total. The number of carbonyl (C=O) groups is 1. The second kappa shape index (κ2) is 7.53. The number of nitrogens with zero attached hydrogens (tertiary/aromatic N) is 2. The zero-order chi connectivity index (χ0) is 20.5. The minimum atomic E-state index is -4.55. The molecule has 0 fully saturated rings. The Morgan fingerprint density at radius 1 is 1.21 bits per heavy atom. The molecule has 2 aromatic heterocycles. The molecule has 0 aliphatic rings. The van der Waals surface area contributed by atoms with Crippen molar-refractivity contribution in [2.24, 2.45) is 7.05 Å². The maximum Gasteiger partial charge on any atom is 0.422 e. The molecule has 0 amide bonds. The van der Waals surface area contributed by atoms with Crippen LogP contribution in [0.4, 0.5) is 13.2 Å². The number of hydrogen-bond donors (Lipinski definition) is 0. The van der Waals surface area contributed by atoms with E-state index in [4.69, 9.17) is 9.47 Å². The predicted octanol–water partition coefficient (Wildman–Crippen LogP) is 4.67. The number of aromatic nitrogens is 2. The van der Waals surface area contributed by atoms with Gasteiger partial charge in [-0.3, -0.25) is 0 Å². The molecule has 3 rings (SSSR count). The fourth-order valence-electron chi connectivity index (χ4n) is 3.01. The smallest absolute Gasteiger partial charge is 0.422 e. The third kappa shape index (κ3) is 3.81. The van der Waals surface area contributed by atoms with Crippen LogP contribution in [-0.2, 0) is 11.8 Å². The average molecular weight is 392 g/mol. The Bertz CT molecular complexity index is 1010. The van der Waals surface area contributed by atoms with Crippen molar-refractivity contribution in [1.82, 2.24) is 9.55 Å². The molecular weight excluding hydrogens is 373 g/mol. The predicted molar refractivity (Wildman–Crippen MR) is 98.4 cm³/mol. The van der Waals surface area contributed by atoms with Crippen LogP contribution in [0.1, 0.15) is 23.0 Å². The summed E-state index contributed by atoms with van der Waals surface area (Å²) in [4.78, 5) is 16.9. The lowest BCUT2D eigenvalue weighted by atomic mass is 10.1. The number of pyridine rings is 1. The summed E-state index contributed by atoms with van der Waals surface area (Å²) in [5.74, 6) is -0.996. The van der Waals surface area contributed by atoms with Gasteiger partial charge in [0.15, 0.2) is 18.1 Å². The number of rotatable bonds is 5. The summed E-state index contributed by atoms with van der Waals surface area (Å²) < 4.78 is 49.8. The van der Waals surface area contributed by atoms with Gasteiger partial charge in [-0.2, -0.15) is 13.2 Å². The topological polar surface area (TPSA) is 53.4 Å². The number of esters is 1. The van der Waals surface area contributed by atoms with Gasteiger partial charge in [0.25, 0.3) is 0 Å². The second-order valence-corrected chi connectivity index (χ2v) is 6.25. The summed E-state index contributed by atoms with van der Waals surface area (Å²) >= 11 is 0. The Balaban J connectivity index is 2.24. The van der Waals surface area contributed by atoms with Crippen LogP contribution < -0.4 is 4.74 Å². The largest absolute Gasteiger partial charge is 0.479 e. The fourth-order valence-corrected chi connectivity index (χ4v) is 3.01. The first-order valence-electron chi connectivity index (χ1n) is 8.65. The molecule has 0 saturated heterocycles. The molecule has 0 radical (unpaired) electrons. The van der Waals surface area contributed by atoms with Crippen molar-refractivity contribution < 1.29 is 27.4 Å². The highest BCUT2D eigenvalue weighted by molar-refractivity contribution is 6.01. The Labute approximate surface area is 159 Å². The van der Waals surface area contributed by atoms with Gasteiger partial charge in [0, 0.05) is 12.6 Å². The highest BCUT2D eigenvalue weighted by atomic mass is 19.4. The van der Waals surface area contributed by atoms with E-state index in [9.17, 15) is 18.0 Å². The van der Waals surface area contributed by atoms with Crippen LogP contribution in [0.3, 0.4) is 0 Å². The van der Waals surface area contributed by atoms with E-state index in [1.807, 2.05) is 37.3 Å². The molecule has 2 heterocycles. The second-order valence-electron chi connectivity index (χ2n) is 6.25. The lowest BCUT2D eigenvalue weighted by Gasteiger charge is -2.11. The molecule has 148 valence electrons. The summed E-state index contributed by atoms with van der Waals surface area (Å²) in [6.45, 7) is 2.02. The van der Waals surface area contributed by atoms with Gasteiger partial charge in [0.05, 0.1) is 17.8 Å². The van der Waals surface area contributed by atoms with Crippen molar-refractivity contribution in [3.63, 3.8) is 0 Å². The fraction of sp³-hybridized carbons (Fsp3) is 0.300. The van der Waals surface area contributed by atoms with E-state index < -0.39 is 18.8 Å². The number of carbonyl (C=O) groups excluding carboxylic acids is 1. The molecule has 5 nitrogen and oxygen atoms in total. The Morgan fingerprint density at radius 3 is 2.50 bits per heavy atom. The maximum atomic E-state index is 12.8. The summed E-state index contributed by atoms with van der Waals surface area (Å²) in [6, 6.07) is 11.0. The number of aryl methyl sites for hydroxylation is 2. The molecule has 0 atom stereocenters. The number of ether oxygens (including phenoxy) is 2. The first kappa shape index (κ1) is 19.7. The zero-order valence-electron chi connectivity index (χ0n) is 15.6. The van der Waals surface area contributed by atoms with E-state index in [1.54, 1.807) is 20.0 Å². The normalized spacial score (nSPS) is 11.6. The lowest BCUT2D eigenvalue weighted by Crippen LogP contribution is -2.20. The van der Waals surface area contributed by atoms with E-state index in [1.165, 1.54) is 4.57 Å². The van der Waals surface area contributed by atoms with Crippen LogP contribution >= 0.6 is 0 Å². The number of fused-ring (bicyclic) bond motifs is 1. The van der Waals surface area contributed by atoms with Crippen LogP contribution in [0.5, 0.6) is 5.75 Å². The molecule has 0 aliphatic carbocycles. The monoisotopic (exact) mass is 392 g/mol. The standard InChI is InChI=1S/C20H19F3N2O3/c1-4-27-19(26)17-18(28-11-20(21,22)23)16-14(25(17)3)10-12(2)15(24-16)13-8-6-5-7-9-13/h5-10H,4,11H2,1-3H3. The Morgan fingerprint density at radius 2 is 1.89 bits per heavy atom. The molecule has 0 bridgehead atoms. The average Bonchev–Trinajstić information content (AvgIpc) is 2.91. The summed E-state index contributed by atoms with van der Waals surface area (Å²) in [7, 11) is 1.57. The molecule has 3 aromatic rings. The Hall–Kier alpha value is -3.03. The molecule has 0 unspecified atom stereocenters. The van der Waals surface area contributed by atoms with Crippen LogP contribution in [0.15, 0.2) is 36.4 Å². The van der Waals surface area contributed by atoms with E-state index in [0.717, 1.165) is 11.1 Å². The van der Waals surface area contributed by atoms with Gasteiger partial charge >= 0.3 is 12.1 Å². The van der Waals surface area contributed by atoms with E-state index in [-0.39, 0.29) is 23.6 Å². The van der Waals surface area contributed by atoms with E-state index in [2.05, 4.69) is 4.98 Å². The molecule has 8 heteroatoms. The highest BCUT2D eigenvalue weighted by Gasteiger charge is 2.32.